The largest absolute Gasteiger partial charge is 0.483 e. The summed E-state index contributed by atoms with van der Waals surface area (Å²) in [6, 6.07) is 12.4. The van der Waals surface area contributed by atoms with Gasteiger partial charge in [-0.3, -0.25) is 14.4 Å². The molecular formula is C28H31NO7. The van der Waals surface area contributed by atoms with Gasteiger partial charge in [-0.15, -0.1) is 0 Å². The first-order valence-electron chi connectivity index (χ1n) is 12.3. The maximum absolute atomic E-state index is 13.2. The molecule has 0 bridgehead atoms. The number of likely N-dealkylation sites (tertiary alicyclic amines) is 1. The first-order chi connectivity index (χ1) is 17.4. The average molecular weight is 494 g/mol. The minimum Gasteiger partial charge on any atom is -0.483 e. The van der Waals surface area contributed by atoms with Gasteiger partial charge in [-0.2, -0.15) is 0 Å². The highest BCUT2D eigenvalue weighted by molar-refractivity contribution is 5.82. The smallest absolute Gasteiger partial charge is 0.310 e. The Bertz CT molecular complexity index is 1300. The third-order valence-corrected chi connectivity index (χ3v) is 6.29. The lowest BCUT2D eigenvalue weighted by atomic mass is 9.98. The van der Waals surface area contributed by atoms with E-state index < -0.39 is 0 Å². The number of nitrogens with zero attached hydrogens (tertiary/aromatic N) is 1. The van der Waals surface area contributed by atoms with Crippen LogP contribution in [0.3, 0.4) is 0 Å². The van der Waals surface area contributed by atoms with E-state index >= 15 is 0 Å². The number of hydrogen-bond acceptors (Lipinski definition) is 7. The highest BCUT2D eigenvalue weighted by Gasteiger charge is 2.29. The van der Waals surface area contributed by atoms with Gasteiger partial charge in [0.05, 0.1) is 17.9 Å². The first-order valence-corrected chi connectivity index (χ1v) is 12.3. The van der Waals surface area contributed by atoms with E-state index in [2.05, 4.69) is 0 Å². The number of esters is 1. The summed E-state index contributed by atoms with van der Waals surface area (Å²) in [7, 11) is 0. The second-order valence-electron chi connectivity index (χ2n) is 8.76. The number of rotatable bonds is 8. The molecule has 8 heteroatoms. The van der Waals surface area contributed by atoms with Crippen molar-refractivity contribution < 1.29 is 28.2 Å². The van der Waals surface area contributed by atoms with E-state index in [4.69, 9.17) is 18.6 Å². The molecule has 2 aromatic carbocycles. The molecule has 0 N–H and O–H groups in total. The topological polar surface area (TPSA) is 95.3 Å². The summed E-state index contributed by atoms with van der Waals surface area (Å²) in [5, 5.41) is 0.385. The van der Waals surface area contributed by atoms with E-state index in [-0.39, 0.29) is 35.6 Å². The summed E-state index contributed by atoms with van der Waals surface area (Å²) in [6.07, 6.45) is 2.04. The van der Waals surface area contributed by atoms with Crippen molar-refractivity contribution >= 4 is 22.8 Å². The normalized spacial score (nSPS) is 15.5. The first kappa shape index (κ1) is 25.3. The highest BCUT2D eigenvalue weighted by Crippen LogP contribution is 2.30. The van der Waals surface area contributed by atoms with Crippen LogP contribution in [0, 0.1) is 12.8 Å². The molecule has 1 aliphatic rings. The molecule has 0 saturated carbocycles. The SMILES string of the molecule is CCOC(=O)[C@@H]1CCCN(C(=O)COc2cc3oc(C)c(Oc4ccccc4)c(=O)c3cc2CC)C1. The van der Waals surface area contributed by atoms with Gasteiger partial charge in [-0.1, -0.05) is 25.1 Å². The van der Waals surface area contributed by atoms with Crippen LogP contribution in [-0.2, 0) is 20.7 Å². The van der Waals surface area contributed by atoms with Gasteiger partial charge in [0, 0.05) is 19.2 Å². The quantitative estimate of drug-likeness (QED) is 0.422. The minimum absolute atomic E-state index is 0.140. The fourth-order valence-corrected chi connectivity index (χ4v) is 4.38. The number of ether oxygens (including phenoxy) is 3. The van der Waals surface area contributed by atoms with Gasteiger partial charge in [0.1, 0.15) is 22.8 Å². The standard InChI is InChI=1S/C28H31NO7/c1-4-19-14-22-24(35-18(3)27(26(22)31)36-21-11-7-6-8-12-21)15-23(19)34-17-25(30)29-13-9-10-20(16-29)28(32)33-5-2/h6-8,11-12,14-15,20H,4-5,9-10,13,16-17H2,1-3H3/t20-/m1/s1. The summed E-state index contributed by atoms with van der Waals surface area (Å²) < 4.78 is 22.8. The van der Waals surface area contributed by atoms with Gasteiger partial charge >= 0.3 is 5.97 Å². The monoisotopic (exact) mass is 493 g/mol. The number of benzene rings is 2. The summed E-state index contributed by atoms with van der Waals surface area (Å²) >= 11 is 0. The third-order valence-electron chi connectivity index (χ3n) is 6.29. The van der Waals surface area contributed by atoms with E-state index in [1.165, 1.54) is 0 Å². The molecule has 190 valence electrons. The molecule has 1 saturated heterocycles. The molecule has 1 atom stereocenters. The molecule has 0 unspecified atom stereocenters. The van der Waals surface area contributed by atoms with Gasteiger partial charge in [0.25, 0.3) is 5.91 Å². The lowest BCUT2D eigenvalue weighted by Crippen LogP contribution is -2.44. The predicted octanol–water partition coefficient (Wildman–Crippen LogP) is 4.64. The second kappa shape index (κ2) is 11.3. The molecule has 1 fully saturated rings. The fourth-order valence-electron chi connectivity index (χ4n) is 4.38. The molecule has 4 rings (SSSR count). The molecule has 3 aromatic rings. The van der Waals surface area contributed by atoms with Gasteiger partial charge < -0.3 is 23.5 Å². The Morgan fingerprint density at radius 2 is 1.92 bits per heavy atom. The van der Waals surface area contributed by atoms with Gasteiger partial charge in [0.15, 0.2) is 6.61 Å². The van der Waals surface area contributed by atoms with E-state index in [0.717, 1.165) is 12.0 Å². The number of piperidine rings is 1. The number of fused-ring (bicyclic) bond motifs is 1. The number of aryl methyl sites for hydroxylation is 2. The lowest BCUT2D eigenvalue weighted by molar-refractivity contribution is -0.151. The fraction of sp³-hybridized carbons (Fsp3) is 0.393. The average Bonchev–Trinajstić information content (AvgIpc) is 2.90. The van der Waals surface area contributed by atoms with Crippen LogP contribution in [0.2, 0.25) is 0 Å². The van der Waals surface area contributed by atoms with Crippen LogP contribution in [0.5, 0.6) is 17.2 Å². The molecule has 1 aliphatic heterocycles. The van der Waals surface area contributed by atoms with E-state index in [0.29, 0.717) is 60.8 Å². The Hall–Kier alpha value is -3.81. The molecule has 8 nitrogen and oxygen atoms in total. The number of para-hydroxylation sites is 1. The Morgan fingerprint density at radius 3 is 2.64 bits per heavy atom. The van der Waals surface area contributed by atoms with Crippen molar-refractivity contribution in [2.24, 2.45) is 5.92 Å². The van der Waals surface area contributed by atoms with Gasteiger partial charge in [0.2, 0.25) is 11.2 Å². The second-order valence-corrected chi connectivity index (χ2v) is 8.76. The maximum atomic E-state index is 13.2. The summed E-state index contributed by atoms with van der Waals surface area (Å²) in [5.74, 6) is 0.747. The van der Waals surface area contributed by atoms with Crippen LogP contribution in [0.1, 0.15) is 38.0 Å². The van der Waals surface area contributed by atoms with Crippen molar-refractivity contribution in [1.29, 1.82) is 0 Å². The highest BCUT2D eigenvalue weighted by atomic mass is 16.5. The van der Waals surface area contributed by atoms with Crippen molar-refractivity contribution in [1.82, 2.24) is 4.90 Å². The molecule has 0 spiro atoms. The van der Waals surface area contributed by atoms with Crippen molar-refractivity contribution in [3.05, 3.63) is 64.0 Å². The van der Waals surface area contributed by atoms with Crippen molar-refractivity contribution in [3.63, 3.8) is 0 Å². The van der Waals surface area contributed by atoms with Crippen LogP contribution in [-0.4, -0.2) is 43.1 Å². The zero-order valence-electron chi connectivity index (χ0n) is 20.9. The van der Waals surface area contributed by atoms with Crippen molar-refractivity contribution in [3.8, 4) is 17.2 Å². The molecule has 0 radical (unpaired) electrons. The number of carbonyl (C=O) groups is 2. The minimum atomic E-state index is -0.306. The van der Waals surface area contributed by atoms with Crippen molar-refractivity contribution in [2.45, 2.75) is 40.0 Å². The lowest BCUT2D eigenvalue weighted by Gasteiger charge is -2.31. The molecule has 2 heterocycles. The van der Waals surface area contributed by atoms with E-state index in [9.17, 15) is 14.4 Å². The zero-order valence-corrected chi connectivity index (χ0v) is 20.9. The van der Waals surface area contributed by atoms with Crippen LogP contribution >= 0.6 is 0 Å². The summed E-state index contributed by atoms with van der Waals surface area (Å²) in [4.78, 5) is 39.8. The summed E-state index contributed by atoms with van der Waals surface area (Å²) in [6.45, 7) is 6.45. The Kier molecular flexibility index (Phi) is 7.93. The van der Waals surface area contributed by atoms with E-state index in [1.54, 1.807) is 43.0 Å². The third kappa shape index (κ3) is 5.53. The Morgan fingerprint density at radius 1 is 1.14 bits per heavy atom. The molecule has 0 aliphatic carbocycles. The zero-order chi connectivity index (χ0) is 25.7. The number of carbonyl (C=O) groups excluding carboxylic acids is 2. The van der Waals surface area contributed by atoms with Gasteiger partial charge in [-0.25, -0.2) is 0 Å². The molecule has 1 amide bonds. The molecular weight excluding hydrogens is 462 g/mol. The number of amides is 1. The Labute approximate surface area is 209 Å². The Balaban J connectivity index is 1.52. The molecule has 36 heavy (non-hydrogen) atoms. The predicted molar refractivity (Wildman–Crippen MR) is 135 cm³/mol. The number of hydrogen-bond donors (Lipinski definition) is 0. The van der Waals surface area contributed by atoms with Crippen LogP contribution in [0.25, 0.3) is 11.0 Å². The van der Waals surface area contributed by atoms with Crippen LogP contribution in [0.15, 0.2) is 51.7 Å². The van der Waals surface area contributed by atoms with Crippen LogP contribution in [0.4, 0.5) is 0 Å². The van der Waals surface area contributed by atoms with Gasteiger partial charge in [-0.05, 0) is 56.9 Å². The van der Waals surface area contributed by atoms with Crippen LogP contribution < -0.4 is 14.9 Å². The maximum Gasteiger partial charge on any atom is 0.310 e. The van der Waals surface area contributed by atoms with Crippen molar-refractivity contribution in [2.75, 3.05) is 26.3 Å². The van der Waals surface area contributed by atoms with E-state index in [1.807, 2.05) is 25.1 Å². The molecule has 1 aromatic heterocycles. The summed E-state index contributed by atoms with van der Waals surface area (Å²) in [5.41, 5.74) is 0.867.